The molecular formula is C19H38O4. The van der Waals surface area contributed by atoms with Crippen LogP contribution in [0.3, 0.4) is 0 Å². The largest absolute Gasteiger partial charge is 0.393 e. The number of unbranched alkanes of at least 4 members (excludes halogenated alkanes) is 4. The second-order valence-corrected chi connectivity index (χ2v) is 8.87. The first-order valence-corrected chi connectivity index (χ1v) is 9.03. The molecule has 0 aliphatic carbocycles. The zero-order valence-corrected chi connectivity index (χ0v) is 16.0. The van der Waals surface area contributed by atoms with Gasteiger partial charge in [-0.2, -0.15) is 5.26 Å². The minimum absolute atomic E-state index is 0.378. The van der Waals surface area contributed by atoms with E-state index < -0.39 is 12.1 Å². The van der Waals surface area contributed by atoms with Crippen LogP contribution >= 0.6 is 0 Å². The van der Waals surface area contributed by atoms with Gasteiger partial charge in [-0.25, -0.2) is 4.79 Å². The molecule has 138 valence electrons. The third-order valence-corrected chi connectivity index (χ3v) is 4.56. The van der Waals surface area contributed by atoms with Gasteiger partial charge in [0.1, 0.15) is 0 Å². The van der Waals surface area contributed by atoms with Crippen molar-refractivity contribution in [2.75, 3.05) is 0 Å². The molecule has 0 bridgehead atoms. The van der Waals surface area contributed by atoms with Gasteiger partial charge in [-0.15, -0.1) is 0 Å². The summed E-state index contributed by atoms with van der Waals surface area (Å²) in [7, 11) is 0. The van der Waals surface area contributed by atoms with Crippen LogP contribution in [0, 0.1) is 16.7 Å². The lowest BCUT2D eigenvalue weighted by Crippen LogP contribution is -2.34. The summed E-state index contributed by atoms with van der Waals surface area (Å²) in [4.78, 5) is 15.9. The number of rotatable bonds is 11. The van der Waals surface area contributed by atoms with Crippen molar-refractivity contribution in [3.63, 3.8) is 0 Å². The quantitative estimate of drug-likeness (QED) is 0.311. The van der Waals surface area contributed by atoms with E-state index in [0.29, 0.717) is 18.3 Å². The van der Waals surface area contributed by atoms with Crippen molar-refractivity contribution in [3.05, 3.63) is 0 Å². The summed E-state index contributed by atoms with van der Waals surface area (Å²) in [6, 6.07) is 0. The molecule has 2 atom stereocenters. The zero-order chi connectivity index (χ0) is 18.1. The second-order valence-electron chi connectivity index (χ2n) is 8.87. The van der Waals surface area contributed by atoms with Crippen molar-refractivity contribution in [1.29, 1.82) is 0 Å². The predicted octanol–water partition coefficient (Wildman–Crippen LogP) is 5.19. The molecule has 0 fully saturated rings. The van der Waals surface area contributed by atoms with Gasteiger partial charge in [0.05, 0.1) is 12.0 Å². The van der Waals surface area contributed by atoms with E-state index in [2.05, 4.69) is 25.7 Å². The van der Waals surface area contributed by atoms with E-state index >= 15 is 0 Å². The molecule has 0 aromatic heterocycles. The molecule has 4 heteroatoms. The number of carbonyl (C=O) groups is 1. The number of aliphatic hydroxyl groups excluding tert-OH is 1. The van der Waals surface area contributed by atoms with Crippen LogP contribution in [0.15, 0.2) is 0 Å². The fourth-order valence-electron chi connectivity index (χ4n) is 3.33. The molecule has 0 rings (SSSR count). The molecule has 0 saturated heterocycles. The monoisotopic (exact) mass is 330 g/mol. The first-order valence-electron chi connectivity index (χ1n) is 9.03. The van der Waals surface area contributed by atoms with Gasteiger partial charge in [-0.1, -0.05) is 66.7 Å². The van der Waals surface area contributed by atoms with Crippen molar-refractivity contribution in [2.45, 2.75) is 99.0 Å². The second kappa shape index (κ2) is 10.3. The number of aliphatic hydroxyl groups is 1. The van der Waals surface area contributed by atoms with Gasteiger partial charge >= 0.3 is 5.97 Å². The molecule has 2 N–H and O–H groups in total. The summed E-state index contributed by atoms with van der Waals surface area (Å²) >= 11 is 0. The van der Waals surface area contributed by atoms with E-state index in [0.717, 1.165) is 12.8 Å². The summed E-state index contributed by atoms with van der Waals surface area (Å²) in [6.07, 6.45) is 7.65. The van der Waals surface area contributed by atoms with Crippen LogP contribution in [-0.4, -0.2) is 22.4 Å². The van der Waals surface area contributed by atoms with Crippen molar-refractivity contribution in [1.82, 2.24) is 0 Å². The van der Waals surface area contributed by atoms with E-state index in [1.807, 2.05) is 13.8 Å². The van der Waals surface area contributed by atoms with Crippen molar-refractivity contribution >= 4 is 5.97 Å². The Morgan fingerprint density at radius 3 is 2.00 bits per heavy atom. The maximum absolute atomic E-state index is 11.9. The fraction of sp³-hybridized carbons (Fsp3) is 0.947. The Kier molecular flexibility index (Phi) is 10.0. The van der Waals surface area contributed by atoms with Gasteiger partial charge in [-0.05, 0) is 37.0 Å². The minimum Gasteiger partial charge on any atom is -0.393 e. The standard InChI is InChI=1S/C19H38O4/c1-15(20)14-19(5,6)16(17(21)23-22)12-10-8-7-9-11-13-18(2,3)4/h15-16,20,22H,7-14H2,1-6H3. The lowest BCUT2D eigenvalue weighted by molar-refractivity contribution is -0.243. The number of carbonyl (C=O) groups excluding carboxylic acids is 1. The van der Waals surface area contributed by atoms with Crippen molar-refractivity contribution in [2.24, 2.45) is 16.7 Å². The molecule has 0 saturated carbocycles. The van der Waals surface area contributed by atoms with Crippen LogP contribution in [0.4, 0.5) is 0 Å². The van der Waals surface area contributed by atoms with E-state index in [1.165, 1.54) is 25.7 Å². The summed E-state index contributed by atoms with van der Waals surface area (Å²) in [6.45, 7) is 12.4. The number of hydrogen-bond acceptors (Lipinski definition) is 4. The lowest BCUT2D eigenvalue weighted by Gasteiger charge is -2.33. The SMILES string of the molecule is CC(O)CC(C)(C)C(CCCCCCCC(C)(C)C)C(=O)OO. The summed E-state index contributed by atoms with van der Waals surface area (Å²) in [5.41, 5.74) is 0.0151. The normalized spacial score (nSPS) is 15.3. The molecule has 0 aliphatic rings. The van der Waals surface area contributed by atoms with Gasteiger partial charge in [0, 0.05) is 0 Å². The van der Waals surface area contributed by atoms with Crippen LogP contribution < -0.4 is 0 Å². The molecule has 0 amide bonds. The summed E-state index contributed by atoms with van der Waals surface area (Å²) in [5.74, 6) is -0.958. The molecule has 23 heavy (non-hydrogen) atoms. The molecule has 0 aromatic carbocycles. The molecule has 2 unspecified atom stereocenters. The fourth-order valence-corrected chi connectivity index (χ4v) is 3.33. The Hall–Kier alpha value is -0.610. The number of hydrogen-bond donors (Lipinski definition) is 2. The first kappa shape index (κ1) is 22.4. The first-order chi connectivity index (χ1) is 10.5. The Labute approximate surface area is 142 Å². The Morgan fingerprint density at radius 2 is 1.52 bits per heavy atom. The van der Waals surface area contributed by atoms with Gasteiger partial charge in [0.2, 0.25) is 0 Å². The van der Waals surface area contributed by atoms with Gasteiger partial charge < -0.3 is 9.99 Å². The maximum atomic E-state index is 11.9. The van der Waals surface area contributed by atoms with E-state index in [1.54, 1.807) is 6.92 Å². The van der Waals surface area contributed by atoms with E-state index in [4.69, 9.17) is 5.26 Å². The zero-order valence-electron chi connectivity index (χ0n) is 16.0. The smallest absolute Gasteiger partial charge is 0.345 e. The van der Waals surface area contributed by atoms with Gasteiger partial charge in [0.15, 0.2) is 0 Å². The maximum Gasteiger partial charge on any atom is 0.345 e. The van der Waals surface area contributed by atoms with Gasteiger partial charge in [-0.3, -0.25) is 0 Å². The highest BCUT2D eigenvalue weighted by atomic mass is 17.1. The highest BCUT2D eigenvalue weighted by Gasteiger charge is 2.37. The molecular weight excluding hydrogens is 292 g/mol. The Morgan fingerprint density at radius 1 is 1.00 bits per heavy atom. The van der Waals surface area contributed by atoms with E-state index in [-0.39, 0.29) is 11.3 Å². The average Bonchev–Trinajstić information content (AvgIpc) is 2.38. The van der Waals surface area contributed by atoms with Crippen molar-refractivity contribution < 1.29 is 20.0 Å². The molecule has 0 aromatic rings. The molecule has 0 radical (unpaired) electrons. The van der Waals surface area contributed by atoms with Crippen LogP contribution in [0.25, 0.3) is 0 Å². The Balaban J connectivity index is 4.20. The topological polar surface area (TPSA) is 66.8 Å². The van der Waals surface area contributed by atoms with Crippen LogP contribution in [0.2, 0.25) is 0 Å². The van der Waals surface area contributed by atoms with Gasteiger partial charge in [0.25, 0.3) is 0 Å². The average molecular weight is 331 g/mol. The molecule has 0 aliphatic heterocycles. The molecule has 0 heterocycles. The third kappa shape index (κ3) is 10.7. The minimum atomic E-state index is -0.580. The summed E-state index contributed by atoms with van der Waals surface area (Å²) in [5, 5.41) is 18.4. The molecule has 4 nitrogen and oxygen atoms in total. The molecule has 0 spiro atoms. The Bertz CT molecular complexity index is 329. The highest BCUT2D eigenvalue weighted by molar-refractivity contribution is 5.72. The highest BCUT2D eigenvalue weighted by Crippen LogP contribution is 2.36. The third-order valence-electron chi connectivity index (χ3n) is 4.56. The summed E-state index contributed by atoms with van der Waals surface area (Å²) < 4.78 is 0. The lowest BCUT2D eigenvalue weighted by atomic mass is 9.72. The van der Waals surface area contributed by atoms with Crippen molar-refractivity contribution in [3.8, 4) is 0 Å². The van der Waals surface area contributed by atoms with Crippen LogP contribution in [-0.2, 0) is 9.68 Å². The van der Waals surface area contributed by atoms with Crippen LogP contribution in [0.1, 0.15) is 92.9 Å². The predicted molar refractivity (Wildman–Crippen MR) is 94.1 cm³/mol. The van der Waals surface area contributed by atoms with Crippen LogP contribution in [0.5, 0.6) is 0 Å². The van der Waals surface area contributed by atoms with E-state index in [9.17, 15) is 9.90 Å².